The van der Waals surface area contributed by atoms with Gasteiger partial charge in [-0.3, -0.25) is 29.0 Å². The van der Waals surface area contributed by atoms with Gasteiger partial charge in [-0.05, 0) is 51.0 Å². The Balaban J connectivity index is 2.01. The SMILES string of the molecule is CCC(C)N1C(=O)c2ccc3c4c(ccc(c24)C1=O)C(=O)N([C@H](C)CC)C3=O. The molecule has 2 aliphatic heterocycles. The van der Waals surface area contributed by atoms with Crippen LogP contribution in [0.5, 0.6) is 0 Å². The summed E-state index contributed by atoms with van der Waals surface area (Å²) in [6.45, 7) is 7.51. The van der Waals surface area contributed by atoms with E-state index >= 15 is 0 Å². The van der Waals surface area contributed by atoms with E-state index in [1.807, 2.05) is 27.7 Å². The van der Waals surface area contributed by atoms with Crippen molar-refractivity contribution < 1.29 is 19.2 Å². The fourth-order valence-corrected chi connectivity index (χ4v) is 4.08. The van der Waals surface area contributed by atoms with Crippen molar-refractivity contribution in [2.75, 3.05) is 0 Å². The molecule has 0 fully saturated rings. The molecule has 0 saturated heterocycles. The van der Waals surface area contributed by atoms with Crippen molar-refractivity contribution in [1.82, 2.24) is 9.80 Å². The summed E-state index contributed by atoms with van der Waals surface area (Å²) in [6, 6.07) is 5.96. The van der Waals surface area contributed by atoms with Gasteiger partial charge in [0, 0.05) is 45.1 Å². The number of amides is 4. The minimum Gasteiger partial charge on any atom is -0.272 e. The summed E-state index contributed by atoms with van der Waals surface area (Å²) in [5.41, 5.74) is 1.47. The highest BCUT2D eigenvalue weighted by atomic mass is 16.2. The third kappa shape index (κ3) is 2.20. The lowest BCUT2D eigenvalue weighted by atomic mass is 9.85. The van der Waals surface area contributed by atoms with E-state index < -0.39 is 0 Å². The molecule has 2 heterocycles. The predicted molar refractivity (Wildman–Crippen MR) is 104 cm³/mol. The Morgan fingerprint density at radius 2 is 0.857 bits per heavy atom. The first kappa shape index (κ1) is 18.3. The van der Waals surface area contributed by atoms with Crippen molar-refractivity contribution in [3.8, 4) is 0 Å². The van der Waals surface area contributed by atoms with Crippen LogP contribution >= 0.6 is 0 Å². The summed E-state index contributed by atoms with van der Waals surface area (Å²) in [6.07, 6.45) is 1.29. The summed E-state index contributed by atoms with van der Waals surface area (Å²) in [4.78, 5) is 54.7. The highest BCUT2D eigenvalue weighted by molar-refractivity contribution is 6.33. The maximum absolute atomic E-state index is 13.0. The van der Waals surface area contributed by atoms with Crippen LogP contribution < -0.4 is 0 Å². The van der Waals surface area contributed by atoms with Crippen LogP contribution in [0.15, 0.2) is 24.3 Å². The number of carbonyl (C=O) groups excluding carboxylic acids is 4. The first-order valence-corrected chi connectivity index (χ1v) is 9.68. The maximum Gasteiger partial charge on any atom is 0.261 e. The summed E-state index contributed by atoms with van der Waals surface area (Å²) in [5, 5.41) is 0.852. The molecule has 4 amide bonds. The van der Waals surface area contributed by atoms with Crippen LogP contribution in [0.3, 0.4) is 0 Å². The van der Waals surface area contributed by atoms with Gasteiger partial charge in [0.15, 0.2) is 0 Å². The fraction of sp³-hybridized carbons (Fsp3) is 0.364. The van der Waals surface area contributed by atoms with E-state index in [-0.39, 0.29) is 35.7 Å². The van der Waals surface area contributed by atoms with Crippen LogP contribution in [0.1, 0.15) is 82.0 Å². The van der Waals surface area contributed by atoms with Gasteiger partial charge in [-0.15, -0.1) is 0 Å². The molecule has 0 aromatic heterocycles. The van der Waals surface area contributed by atoms with Crippen molar-refractivity contribution >= 4 is 34.4 Å². The molecule has 2 aliphatic rings. The van der Waals surface area contributed by atoms with Gasteiger partial charge in [-0.25, -0.2) is 0 Å². The second kappa shape index (κ2) is 6.26. The van der Waals surface area contributed by atoms with E-state index in [0.717, 1.165) is 0 Å². The summed E-state index contributed by atoms with van der Waals surface area (Å²) < 4.78 is 0. The Morgan fingerprint density at radius 3 is 1.07 bits per heavy atom. The van der Waals surface area contributed by atoms with Gasteiger partial charge in [-0.2, -0.15) is 0 Å². The monoisotopic (exact) mass is 378 g/mol. The van der Waals surface area contributed by atoms with E-state index in [0.29, 0.717) is 45.9 Å². The van der Waals surface area contributed by atoms with Crippen molar-refractivity contribution in [1.29, 1.82) is 0 Å². The molecule has 0 aliphatic carbocycles. The predicted octanol–water partition coefficient (Wildman–Crippen LogP) is 3.63. The Hall–Kier alpha value is -3.02. The van der Waals surface area contributed by atoms with Crippen LogP contribution in [0.25, 0.3) is 10.8 Å². The van der Waals surface area contributed by atoms with Gasteiger partial charge in [-0.1, -0.05) is 13.8 Å². The Kier molecular flexibility index (Phi) is 4.10. The first-order valence-electron chi connectivity index (χ1n) is 9.68. The Bertz CT molecular complexity index is 917. The quantitative estimate of drug-likeness (QED) is 0.762. The van der Waals surface area contributed by atoms with Crippen molar-refractivity contribution in [2.45, 2.75) is 52.6 Å². The molecule has 6 heteroatoms. The molecule has 144 valence electrons. The second-order valence-corrected chi connectivity index (χ2v) is 7.55. The summed E-state index contributed by atoms with van der Waals surface area (Å²) >= 11 is 0. The van der Waals surface area contributed by atoms with Gasteiger partial charge >= 0.3 is 0 Å². The van der Waals surface area contributed by atoms with Crippen molar-refractivity contribution in [2.24, 2.45) is 0 Å². The number of carbonyl (C=O) groups is 4. The lowest BCUT2D eigenvalue weighted by Gasteiger charge is -2.35. The lowest BCUT2D eigenvalue weighted by molar-refractivity contribution is 0.0525. The highest BCUT2D eigenvalue weighted by Crippen LogP contribution is 2.38. The maximum atomic E-state index is 13.0. The van der Waals surface area contributed by atoms with E-state index in [4.69, 9.17) is 0 Å². The van der Waals surface area contributed by atoms with Crippen LogP contribution in [-0.2, 0) is 0 Å². The molecule has 6 nitrogen and oxygen atoms in total. The minimum atomic E-state index is -0.375. The highest BCUT2D eigenvalue weighted by Gasteiger charge is 2.41. The van der Waals surface area contributed by atoms with Gasteiger partial charge in [0.2, 0.25) is 0 Å². The average Bonchev–Trinajstić information content (AvgIpc) is 2.70. The number of nitrogens with zero attached hydrogens (tertiary/aromatic N) is 2. The normalized spacial score (nSPS) is 18.1. The zero-order valence-electron chi connectivity index (χ0n) is 16.4. The molecular weight excluding hydrogens is 356 g/mol. The third-order valence-corrected chi connectivity index (χ3v) is 6.02. The molecule has 0 spiro atoms. The summed E-state index contributed by atoms with van der Waals surface area (Å²) in [5.74, 6) is -1.50. The number of hydrogen-bond donors (Lipinski definition) is 0. The number of benzene rings is 2. The van der Waals surface area contributed by atoms with Gasteiger partial charge in [0.1, 0.15) is 0 Å². The molecule has 0 saturated carbocycles. The molecule has 1 unspecified atom stereocenters. The molecule has 0 bridgehead atoms. The van der Waals surface area contributed by atoms with Crippen LogP contribution in [0, 0.1) is 0 Å². The zero-order chi connectivity index (χ0) is 20.3. The van der Waals surface area contributed by atoms with E-state index in [1.54, 1.807) is 24.3 Å². The van der Waals surface area contributed by atoms with Gasteiger partial charge in [0.05, 0.1) is 0 Å². The largest absolute Gasteiger partial charge is 0.272 e. The van der Waals surface area contributed by atoms with Crippen LogP contribution in [0.4, 0.5) is 0 Å². The molecule has 2 aromatic rings. The van der Waals surface area contributed by atoms with Crippen molar-refractivity contribution in [3.05, 3.63) is 46.5 Å². The van der Waals surface area contributed by atoms with Crippen LogP contribution in [0.2, 0.25) is 0 Å². The molecule has 2 atom stereocenters. The molecule has 4 rings (SSSR count). The standard InChI is InChI=1S/C22H22N2O4/c1-5-11(3)23-19(25)13-7-9-15-18-16(10-8-14(17(13)18)20(23)26)22(28)24(21(15)27)12(4)6-2/h7-12H,5-6H2,1-4H3/t11-,12?/m1/s1. The Labute approximate surface area is 163 Å². The van der Waals surface area contributed by atoms with Crippen molar-refractivity contribution in [3.63, 3.8) is 0 Å². The van der Waals surface area contributed by atoms with E-state index in [1.165, 1.54) is 9.80 Å². The fourth-order valence-electron chi connectivity index (χ4n) is 4.08. The second-order valence-electron chi connectivity index (χ2n) is 7.55. The summed E-state index contributed by atoms with van der Waals surface area (Å²) in [7, 11) is 0. The topological polar surface area (TPSA) is 74.8 Å². The van der Waals surface area contributed by atoms with E-state index in [2.05, 4.69) is 0 Å². The molecular formula is C22H22N2O4. The number of imide groups is 2. The molecule has 0 radical (unpaired) electrons. The average molecular weight is 378 g/mol. The van der Waals surface area contributed by atoms with Gasteiger partial charge in [0.25, 0.3) is 23.6 Å². The molecule has 2 aromatic carbocycles. The van der Waals surface area contributed by atoms with Gasteiger partial charge < -0.3 is 0 Å². The smallest absolute Gasteiger partial charge is 0.261 e. The number of rotatable bonds is 4. The van der Waals surface area contributed by atoms with Crippen LogP contribution in [-0.4, -0.2) is 45.5 Å². The Morgan fingerprint density at radius 1 is 0.607 bits per heavy atom. The third-order valence-electron chi connectivity index (χ3n) is 6.02. The minimum absolute atomic E-state index is 0.236. The lowest BCUT2D eigenvalue weighted by Crippen LogP contribution is -2.47. The first-order chi connectivity index (χ1) is 13.3. The number of hydrogen-bond acceptors (Lipinski definition) is 4. The zero-order valence-corrected chi connectivity index (χ0v) is 16.4. The molecule has 28 heavy (non-hydrogen) atoms. The van der Waals surface area contributed by atoms with E-state index in [9.17, 15) is 19.2 Å². The molecule has 0 N–H and O–H groups in total.